The van der Waals surface area contributed by atoms with E-state index in [1.165, 1.54) is 29.8 Å². The van der Waals surface area contributed by atoms with Crippen LogP contribution in [0.15, 0.2) is 54.6 Å². The molecule has 0 fully saturated rings. The van der Waals surface area contributed by atoms with Crippen molar-refractivity contribution in [2.24, 2.45) is 0 Å². The minimum Gasteiger partial charge on any atom is -0.482 e. The van der Waals surface area contributed by atoms with Gasteiger partial charge in [0.25, 0.3) is 0 Å². The number of halogens is 1. The Kier molecular flexibility index (Phi) is 6.56. The monoisotopic (exact) mass is 317 g/mol. The van der Waals surface area contributed by atoms with E-state index in [-0.39, 0.29) is 12.4 Å². The third-order valence-corrected chi connectivity index (χ3v) is 3.20. The Morgan fingerprint density at radius 3 is 2.48 bits per heavy atom. The number of carbonyl (C=O) groups is 1. The molecular weight excluding hydrogens is 297 g/mol. The second-order valence-corrected chi connectivity index (χ2v) is 5.19. The maximum Gasteiger partial charge on any atom is 0.344 e. The van der Waals surface area contributed by atoms with Gasteiger partial charge < -0.3 is 9.47 Å². The van der Waals surface area contributed by atoms with Crippen LogP contribution >= 0.6 is 0 Å². The predicted octanol–water partition coefficient (Wildman–Crippen LogP) is 2.88. The normalized spacial score (nSPS) is 10.6. The van der Waals surface area contributed by atoms with Crippen LogP contribution < -0.4 is 4.74 Å². The summed E-state index contributed by atoms with van der Waals surface area (Å²) in [7, 11) is 1.97. The molecule has 0 saturated heterocycles. The lowest BCUT2D eigenvalue weighted by Crippen LogP contribution is -2.25. The fourth-order valence-electron chi connectivity index (χ4n) is 2.00. The van der Waals surface area contributed by atoms with Gasteiger partial charge in [-0.1, -0.05) is 30.3 Å². The molecule has 122 valence electrons. The first-order chi connectivity index (χ1) is 11.1. The summed E-state index contributed by atoms with van der Waals surface area (Å²) in [6, 6.07) is 15.6. The molecular formula is C18H20FNO3. The van der Waals surface area contributed by atoms with Gasteiger partial charge in [0.2, 0.25) is 0 Å². The lowest BCUT2D eigenvalue weighted by molar-refractivity contribution is -0.146. The lowest BCUT2D eigenvalue weighted by Gasteiger charge is -2.16. The molecule has 0 spiro atoms. The van der Waals surface area contributed by atoms with E-state index in [2.05, 4.69) is 17.0 Å². The standard InChI is InChI=1S/C18H20FNO3/c1-20(13-15-5-3-2-4-6-15)11-12-22-18(21)14-23-17-9-7-16(19)8-10-17/h2-10H,11-14H2,1H3. The van der Waals surface area contributed by atoms with Crippen LogP contribution in [0.1, 0.15) is 5.56 Å². The second-order valence-electron chi connectivity index (χ2n) is 5.19. The first-order valence-corrected chi connectivity index (χ1v) is 7.40. The maximum absolute atomic E-state index is 12.7. The molecule has 4 nitrogen and oxygen atoms in total. The third-order valence-electron chi connectivity index (χ3n) is 3.20. The van der Waals surface area contributed by atoms with Crippen LogP contribution in [0.2, 0.25) is 0 Å². The molecule has 0 radical (unpaired) electrons. The van der Waals surface area contributed by atoms with Gasteiger partial charge in [-0.05, 0) is 36.9 Å². The van der Waals surface area contributed by atoms with Crippen molar-refractivity contribution >= 4 is 5.97 Å². The van der Waals surface area contributed by atoms with Gasteiger partial charge in [0, 0.05) is 13.1 Å². The summed E-state index contributed by atoms with van der Waals surface area (Å²) >= 11 is 0. The van der Waals surface area contributed by atoms with Crippen LogP contribution in [0.3, 0.4) is 0 Å². The molecule has 0 bridgehead atoms. The summed E-state index contributed by atoms with van der Waals surface area (Å²) < 4.78 is 23.1. The first kappa shape index (κ1) is 17.0. The van der Waals surface area contributed by atoms with Crippen molar-refractivity contribution in [3.05, 3.63) is 66.0 Å². The van der Waals surface area contributed by atoms with Crippen molar-refractivity contribution in [1.29, 1.82) is 0 Å². The smallest absolute Gasteiger partial charge is 0.344 e. The summed E-state index contributed by atoms with van der Waals surface area (Å²) in [6.07, 6.45) is 0. The Morgan fingerprint density at radius 2 is 1.78 bits per heavy atom. The van der Waals surface area contributed by atoms with E-state index < -0.39 is 5.97 Å². The summed E-state index contributed by atoms with van der Waals surface area (Å²) in [6.45, 7) is 1.55. The second kappa shape index (κ2) is 8.90. The molecule has 2 aromatic carbocycles. The van der Waals surface area contributed by atoms with Gasteiger partial charge in [0.1, 0.15) is 18.2 Å². The molecule has 0 heterocycles. The van der Waals surface area contributed by atoms with Gasteiger partial charge in [-0.15, -0.1) is 0 Å². The highest BCUT2D eigenvalue weighted by Gasteiger charge is 2.06. The summed E-state index contributed by atoms with van der Waals surface area (Å²) in [4.78, 5) is 13.7. The fourth-order valence-corrected chi connectivity index (χ4v) is 2.00. The number of benzene rings is 2. The molecule has 2 rings (SSSR count). The van der Waals surface area contributed by atoms with Gasteiger partial charge in [-0.2, -0.15) is 0 Å². The summed E-state index contributed by atoms with van der Waals surface area (Å²) in [5.41, 5.74) is 1.21. The number of carbonyl (C=O) groups excluding carboxylic acids is 1. The van der Waals surface area contributed by atoms with Crippen LogP contribution in [0.25, 0.3) is 0 Å². The summed E-state index contributed by atoms with van der Waals surface area (Å²) in [5, 5.41) is 0. The van der Waals surface area contributed by atoms with Gasteiger partial charge >= 0.3 is 5.97 Å². The molecule has 0 aliphatic carbocycles. The van der Waals surface area contributed by atoms with Crippen molar-refractivity contribution in [1.82, 2.24) is 4.90 Å². The van der Waals surface area contributed by atoms with E-state index in [9.17, 15) is 9.18 Å². The Balaban J connectivity index is 1.61. The molecule has 23 heavy (non-hydrogen) atoms. The number of ether oxygens (including phenoxy) is 2. The molecule has 0 amide bonds. The van der Waals surface area contributed by atoms with Gasteiger partial charge in [0.15, 0.2) is 6.61 Å². The molecule has 0 aromatic heterocycles. The minimum atomic E-state index is -0.442. The molecule has 0 atom stereocenters. The van der Waals surface area contributed by atoms with E-state index >= 15 is 0 Å². The SMILES string of the molecule is CN(CCOC(=O)COc1ccc(F)cc1)Cc1ccccc1. The zero-order valence-electron chi connectivity index (χ0n) is 13.1. The highest BCUT2D eigenvalue weighted by Crippen LogP contribution is 2.10. The average molecular weight is 317 g/mol. The van der Waals surface area contributed by atoms with E-state index in [0.717, 1.165) is 6.54 Å². The lowest BCUT2D eigenvalue weighted by atomic mass is 10.2. The zero-order valence-corrected chi connectivity index (χ0v) is 13.1. The summed E-state index contributed by atoms with van der Waals surface area (Å²) in [5.74, 6) is -0.353. The Morgan fingerprint density at radius 1 is 1.09 bits per heavy atom. The number of nitrogens with zero attached hydrogens (tertiary/aromatic N) is 1. The van der Waals surface area contributed by atoms with Crippen LogP contribution in [0.5, 0.6) is 5.75 Å². The van der Waals surface area contributed by atoms with E-state index in [0.29, 0.717) is 18.9 Å². The topological polar surface area (TPSA) is 38.8 Å². The average Bonchev–Trinajstić information content (AvgIpc) is 2.55. The minimum absolute atomic E-state index is 0.186. The number of esters is 1. The highest BCUT2D eigenvalue weighted by atomic mass is 19.1. The first-order valence-electron chi connectivity index (χ1n) is 7.40. The predicted molar refractivity (Wildman–Crippen MR) is 85.6 cm³/mol. The third kappa shape index (κ3) is 6.48. The highest BCUT2D eigenvalue weighted by molar-refractivity contribution is 5.71. The molecule has 0 aliphatic heterocycles. The van der Waals surface area contributed by atoms with Crippen LogP contribution in [-0.4, -0.2) is 37.7 Å². The van der Waals surface area contributed by atoms with Crippen molar-refractivity contribution in [3.8, 4) is 5.75 Å². The molecule has 0 saturated carbocycles. The fraction of sp³-hybridized carbons (Fsp3) is 0.278. The van der Waals surface area contributed by atoms with Crippen LogP contribution in [-0.2, 0) is 16.1 Å². The number of hydrogen-bond donors (Lipinski definition) is 0. The van der Waals surface area contributed by atoms with Gasteiger partial charge in [-0.3, -0.25) is 4.90 Å². The van der Waals surface area contributed by atoms with Crippen molar-refractivity contribution in [2.45, 2.75) is 6.54 Å². The van der Waals surface area contributed by atoms with Crippen molar-refractivity contribution in [3.63, 3.8) is 0 Å². The van der Waals surface area contributed by atoms with E-state index in [1.807, 2.05) is 25.2 Å². The quantitative estimate of drug-likeness (QED) is 0.702. The molecule has 0 unspecified atom stereocenters. The van der Waals surface area contributed by atoms with Gasteiger partial charge in [0.05, 0.1) is 0 Å². The van der Waals surface area contributed by atoms with E-state index in [1.54, 1.807) is 0 Å². The number of hydrogen-bond acceptors (Lipinski definition) is 4. The Labute approximate surface area is 135 Å². The van der Waals surface area contributed by atoms with Crippen LogP contribution in [0.4, 0.5) is 4.39 Å². The van der Waals surface area contributed by atoms with Crippen molar-refractivity contribution < 1.29 is 18.7 Å². The number of likely N-dealkylation sites (N-methyl/N-ethyl adjacent to an activating group) is 1. The molecule has 2 aromatic rings. The Hall–Kier alpha value is -2.40. The Bertz CT molecular complexity index is 601. The van der Waals surface area contributed by atoms with Gasteiger partial charge in [-0.25, -0.2) is 9.18 Å². The van der Waals surface area contributed by atoms with Crippen LogP contribution in [0, 0.1) is 5.82 Å². The number of rotatable bonds is 8. The largest absolute Gasteiger partial charge is 0.482 e. The maximum atomic E-state index is 12.7. The molecule has 0 N–H and O–H groups in total. The molecule has 5 heteroatoms. The van der Waals surface area contributed by atoms with Crippen molar-refractivity contribution in [2.75, 3.05) is 26.8 Å². The zero-order chi connectivity index (χ0) is 16.5. The molecule has 0 aliphatic rings. The van der Waals surface area contributed by atoms with E-state index in [4.69, 9.17) is 9.47 Å².